The van der Waals surface area contributed by atoms with E-state index in [4.69, 9.17) is 23.2 Å². The zero-order valence-electron chi connectivity index (χ0n) is 14.9. The molecule has 0 spiro atoms. The van der Waals surface area contributed by atoms with Crippen molar-refractivity contribution < 1.29 is 9.90 Å². The van der Waals surface area contributed by atoms with Crippen molar-refractivity contribution in [2.45, 2.75) is 49.3 Å². The van der Waals surface area contributed by atoms with Gasteiger partial charge in [-0.15, -0.1) is 0 Å². The number of hydrogen-bond donors (Lipinski definition) is 1. The lowest BCUT2D eigenvalue weighted by molar-refractivity contribution is -0.117. The highest BCUT2D eigenvalue weighted by Gasteiger charge is 2.21. The Bertz CT molecular complexity index is 915. The summed E-state index contributed by atoms with van der Waals surface area (Å²) >= 11 is 13.8. The van der Waals surface area contributed by atoms with Crippen LogP contribution in [0.1, 0.15) is 37.7 Å². The van der Waals surface area contributed by atoms with Crippen molar-refractivity contribution in [1.82, 2.24) is 9.55 Å². The summed E-state index contributed by atoms with van der Waals surface area (Å²) < 4.78 is 1.96. The van der Waals surface area contributed by atoms with Crippen LogP contribution < -0.4 is 0 Å². The van der Waals surface area contributed by atoms with E-state index >= 15 is 0 Å². The van der Waals surface area contributed by atoms with E-state index in [1.165, 1.54) is 11.8 Å². The lowest BCUT2D eigenvalue weighted by Gasteiger charge is -2.14. The van der Waals surface area contributed by atoms with Crippen molar-refractivity contribution in [2.75, 3.05) is 0 Å². The van der Waals surface area contributed by atoms with Gasteiger partial charge < -0.3 is 9.67 Å². The standard InChI is InChI=1S/C19H19Cl2N3O2S/c1-11(2)18-19(27-15-6-13(20)5-14(21)7-15)24(16(10-25)23-18)9-12-3-4-17(26)22-8-12/h3,5-8,11,25H,4,9-10H2,1-2H3. The van der Waals surface area contributed by atoms with Crippen LogP contribution in [0.5, 0.6) is 0 Å². The van der Waals surface area contributed by atoms with Crippen LogP contribution in [-0.4, -0.2) is 26.8 Å². The molecule has 142 valence electrons. The van der Waals surface area contributed by atoms with Crippen molar-refractivity contribution >= 4 is 47.1 Å². The van der Waals surface area contributed by atoms with E-state index in [0.29, 0.717) is 28.8 Å². The Morgan fingerprint density at radius 1 is 1.26 bits per heavy atom. The average molecular weight is 424 g/mol. The molecule has 3 rings (SSSR count). The number of benzene rings is 1. The summed E-state index contributed by atoms with van der Waals surface area (Å²) in [6, 6.07) is 5.38. The molecular formula is C19H19Cl2N3O2S. The van der Waals surface area contributed by atoms with Crippen LogP contribution in [0.15, 0.2) is 44.8 Å². The monoisotopic (exact) mass is 423 g/mol. The molecule has 27 heavy (non-hydrogen) atoms. The Morgan fingerprint density at radius 3 is 2.52 bits per heavy atom. The summed E-state index contributed by atoms with van der Waals surface area (Å²) in [5, 5.41) is 11.9. The van der Waals surface area contributed by atoms with Crippen molar-refractivity contribution in [2.24, 2.45) is 4.99 Å². The fourth-order valence-electron chi connectivity index (χ4n) is 2.74. The van der Waals surface area contributed by atoms with Crippen LogP contribution in [0.4, 0.5) is 0 Å². The summed E-state index contributed by atoms with van der Waals surface area (Å²) in [6.45, 7) is 4.41. The molecule has 1 aromatic heterocycles. The first kappa shape index (κ1) is 20.1. The number of aromatic nitrogens is 2. The Kier molecular flexibility index (Phi) is 6.42. The van der Waals surface area contributed by atoms with Gasteiger partial charge in [-0.05, 0) is 29.7 Å². The molecule has 0 saturated heterocycles. The van der Waals surface area contributed by atoms with Crippen LogP contribution in [0.3, 0.4) is 0 Å². The molecule has 1 amide bonds. The summed E-state index contributed by atoms with van der Waals surface area (Å²) in [4.78, 5) is 20.7. The number of rotatable bonds is 6. The van der Waals surface area contributed by atoms with Crippen molar-refractivity contribution in [3.8, 4) is 0 Å². The Balaban J connectivity index is 2.03. The van der Waals surface area contributed by atoms with Crippen LogP contribution in [-0.2, 0) is 17.9 Å². The van der Waals surface area contributed by atoms with Gasteiger partial charge in [0.25, 0.3) is 0 Å². The average Bonchev–Trinajstić information content (AvgIpc) is 2.94. The highest BCUT2D eigenvalue weighted by atomic mass is 35.5. The number of dihydropyridines is 1. The maximum absolute atomic E-state index is 11.3. The molecule has 5 nitrogen and oxygen atoms in total. The SMILES string of the molecule is CC(C)c1nc(CO)n(CC2=CCC(=O)N=C2)c1Sc1cc(Cl)cc(Cl)c1. The van der Waals surface area contributed by atoms with Crippen LogP contribution in [0, 0.1) is 0 Å². The predicted molar refractivity (Wildman–Crippen MR) is 109 cm³/mol. The third-order valence-corrected chi connectivity index (χ3v) is 5.55. The number of amides is 1. The summed E-state index contributed by atoms with van der Waals surface area (Å²) in [5.41, 5.74) is 1.80. The van der Waals surface area contributed by atoms with Crippen LogP contribution in [0.2, 0.25) is 10.0 Å². The van der Waals surface area contributed by atoms with Gasteiger partial charge in [0.15, 0.2) is 0 Å². The molecule has 0 bridgehead atoms. The zero-order valence-corrected chi connectivity index (χ0v) is 17.3. The van der Waals surface area contributed by atoms with Gasteiger partial charge in [0.05, 0.1) is 12.2 Å². The molecule has 0 saturated carbocycles. The van der Waals surface area contributed by atoms with Gasteiger partial charge in [-0.2, -0.15) is 0 Å². The van der Waals surface area contributed by atoms with E-state index in [2.05, 4.69) is 23.8 Å². The number of aliphatic hydroxyl groups excluding tert-OH is 1. The van der Waals surface area contributed by atoms with Gasteiger partial charge >= 0.3 is 0 Å². The number of nitrogens with zero attached hydrogens (tertiary/aromatic N) is 3. The molecule has 0 unspecified atom stereocenters. The van der Waals surface area contributed by atoms with E-state index in [1.54, 1.807) is 12.3 Å². The van der Waals surface area contributed by atoms with Gasteiger partial charge in [-0.3, -0.25) is 4.79 Å². The number of allylic oxidation sites excluding steroid dienone is 1. The highest BCUT2D eigenvalue weighted by molar-refractivity contribution is 7.99. The molecule has 8 heteroatoms. The Labute approximate surface area is 172 Å². The summed E-state index contributed by atoms with van der Waals surface area (Å²) in [5.74, 6) is 0.586. The Hall–Kier alpha value is -1.60. The number of carbonyl (C=O) groups is 1. The number of hydrogen-bond acceptors (Lipinski definition) is 4. The van der Waals surface area contributed by atoms with Crippen LogP contribution >= 0.6 is 35.0 Å². The quantitative estimate of drug-likeness (QED) is 0.718. The smallest absolute Gasteiger partial charge is 0.249 e. The molecule has 1 aromatic carbocycles. The second kappa shape index (κ2) is 8.61. The van der Waals surface area contributed by atoms with E-state index in [9.17, 15) is 9.90 Å². The largest absolute Gasteiger partial charge is 0.388 e. The second-order valence-electron chi connectivity index (χ2n) is 6.46. The van der Waals surface area contributed by atoms with Crippen molar-refractivity contribution in [1.29, 1.82) is 0 Å². The maximum atomic E-state index is 11.3. The first-order chi connectivity index (χ1) is 12.9. The first-order valence-electron chi connectivity index (χ1n) is 8.47. The van der Waals surface area contributed by atoms with Gasteiger partial charge in [-0.1, -0.05) is 54.9 Å². The normalized spacial score (nSPS) is 14.1. The lowest BCUT2D eigenvalue weighted by atomic mass is 10.1. The predicted octanol–water partition coefficient (Wildman–Crippen LogP) is 4.88. The number of halogens is 2. The minimum atomic E-state index is -0.181. The van der Waals surface area contributed by atoms with E-state index in [1.807, 2.05) is 22.8 Å². The molecule has 0 aliphatic carbocycles. The molecule has 2 aromatic rings. The van der Waals surface area contributed by atoms with E-state index in [-0.39, 0.29) is 18.4 Å². The minimum Gasteiger partial charge on any atom is -0.388 e. The third-order valence-electron chi connectivity index (χ3n) is 4.02. The van der Waals surface area contributed by atoms with Gasteiger partial charge in [-0.25, -0.2) is 9.98 Å². The molecule has 1 aliphatic heterocycles. The van der Waals surface area contributed by atoms with E-state index < -0.39 is 0 Å². The fourth-order valence-corrected chi connectivity index (χ4v) is 4.65. The molecule has 2 heterocycles. The molecular weight excluding hydrogens is 405 g/mol. The Morgan fingerprint density at radius 2 is 1.96 bits per heavy atom. The van der Waals surface area contributed by atoms with Gasteiger partial charge in [0, 0.05) is 27.6 Å². The number of carbonyl (C=O) groups excluding carboxylic acids is 1. The summed E-state index contributed by atoms with van der Waals surface area (Å²) in [6.07, 6.45) is 3.72. The van der Waals surface area contributed by atoms with Gasteiger partial charge in [0.1, 0.15) is 17.5 Å². The zero-order chi connectivity index (χ0) is 19.6. The second-order valence-corrected chi connectivity index (χ2v) is 8.39. The first-order valence-corrected chi connectivity index (χ1v) is 10.0. The fraction of sp³-hybridized carbons (Fsp3) is 0.316. The van der Waals surface area contributed by atoms with Crippen molar-refractivity contribution in [3.05, 3.63) is 51.4 Å². The highest BCUT2D eigenvalue weighted by Crippen LogP contribution is 2.37. The molecule has 0 radical (unpaired) electrons. The number of aliphatic hydroxyl groups is 1. The topological polar surface area (TPSA) is 67.5 Å². The van der Waals surface area contributed by atoms with E-state index in [0.717, 1.165) is 21.2 Å². The minimum absolute atomic E-state index is 0.155. The number of imidazole rings is 1. The molecule has 1 aliphatic rings. The lowest BCUT2D eigenvalue weighted by Crippen LogP contribution is -2.11. The molecule has 0 atom stereocenters. The third kappa shape index (κ3) is 4.82. The number of aliphatic imine (C=N–C) groups is 1. The molecule has 0 fully saturated rings. The van der Waals surface area contributed by atoms with Crippen molar-refractivity contribution in [3.63, 3.8) is 0 Å². The van der Waals surface area contributed by atoms with Crippen LogP contribution in [0.25, 0.3) is 0 Å². The molecule has 1 N–H and O–H groups in total. The maximum Gasteiger partial charge on any atom is 0.249 e. The van der Waals surface area contributed by atoms with Gasteiger partial charge in [0.2, 0.25) is 5.91 Å². The summed E-state index contributed by atoms with van der Waals surface area (Å²) in [7, 11) is 0.